The number of amides is 2. The summed E-state index contributed by atoms with van der Waals surface area (Å²) in [5.74, 6) is 0.0564. The van der Waals surface area contributed by atoms with Crippen molar-refractivity contribution in [1.29, 1.82) is 0 Å². The number of carbonyl (C=O) groups is 2. The molecule has 2 fully saturated rings. The standard InChI is InChI=1S/C15H26N2O2/c1-7-15(6)12(19)17(9-8-10(18)16-15)11-13(2,3)14(11,4)5/h11H,7-9H2,1-6H3,(H,16,18). The van der Waals surface area contributed by atoms with Crippen molar-refractivity contribution in [3.05, 3.63) is 0 Å². The fourth-order valence-electron chi connectivity index (χ4n) is 3.49. The Morgan fingerprint density at radius 2 is 1.68 bits per heavy atom. The van der Waals surface area contributed by atoms with E-state index in [4.69, 9.17) is 0 Å². The van der Waals surface area contributed by atoms with Crippen molar-refractivity contribution in [3.63, 3.8) is 0 Å². The predicted octanol–water partition coefficient (Wildman–Crippen LogP) is 1.94. The van der Waals surface area contributed by atoms with Crippen LogP contribution in [0.1, 0.15) is 54.4 Å². The Balaban J connectivity index is 2.32. The van der Waals surface area contributed by atoms with E-state index in [1.165, 1.54) is 0 Å². The summed E-state index contributed by atoms with van der Waals surface area (Å²) in [5.41, 5.74) is -0.516. The lowest BCUT2D eigenvalue weighted by Gasteiger charge is -2.32. The van der Waals surface area contributed by atoms with E-state index >= 15 is 0 Å². The first-order valence-electron chi connectivity index (χ1n) is 7.20. The van der Waals surface area contributed by atoms with Crippen molar-refractivity contribution in [2.75, 3.05) is 6.54 Å². The summed E-state index contributed by atoms with van der Waals surface area (Å²) in [7, 11) is 0. The van der Waals surface area contributed by atoms with E-state index in [1.807, 2.05) is 18.7 Å². The maximum absolute atomic E-state index is 12.8. The second kappa shape index (κ2) is 3.97. The molecule has 1 unspecified atom stereocenters. The van der Waals surface area contributed by atoms with E-state index in [0.717, 1.165) is 0 Å². The lowest BCUT2D eigenvalue weighted by atomic mass is 9.97. The molecule has 1 atom stereocenters. The van der Waals surface area contributed by atoms with Crippen LogP contribution >= 0.6 is 0 Å². The number of rotatable bonds is 2. The van der Waals surface area contributed by atoms with Crippen LogP contribution in [0.4, 0.5) is 0 Å². The largest absolute Gasteiger partial charge is 0.342 e. The van der Waals surface area contributed by atoms with Crippen LogP contribution in [0.15, 0.2) is 0 Å². The molecule has 108 valence electrons. The van der Waals surface area contributed by atoms with E-state index in [9.17, 15) is 9.59 Å². The van der Waals surface area contributed by atoms with Gasteiger partial charge in [-0.2, -0.15) is 0 Å². The Kier molecular flexibility index (Phi) is 3.00. The minimum absolute atomic E-state index is 0.0172. The third-order valence-corrected chi connectivity index (χ3v) is 5.69. The molecule has 1 heterocycles. The van der Waals surface area contributed by atoms with Crippen molar-refractivity contribution >= 4 is 11.8 Å². The fraction of sp³-hybridized carbons (Fsp3) is 0.867. The van der Waals surface area contributed by atoms with Gasteiger partial charge in [0.1, 0.15) is 5.54 Å². The Morgan fingerprint density at radius 1 is 1.16 bits per heavy atom. The SMILES string of the molecule is CCC1(C)NC(=O)CCN(C2C(C)(C)C2(C)C)C1=O. The van der Waals surface area contributed by atoms with E-state index in [1.54, 1.807) is 0 Å². The van der Waals surface area contributed by atoms with Gasteiger partial charge in [0.2, 0.25) is 11.8 Å². The molecule has 0 aromatic carbocycles. The molecule has 2 amide bonds. The lowest BCUT2D eigenvalue weighted by Crippen LogP contribution is -2.55. The molecule has 0 bridgehead atoms. The van der Waals surface area contributed by atoms with Crippen LogP contribution in [0.2, 0.25) is 0 Å². The van der Waals surface area contributed by atoms with Gasteiger partial charge in [0, 0.05) is 19.0 Å². The molecule has 2 aliphatic rings. The van der Waals surface area contributed by atoms with Crippen molar-refractivity contribution in [2.45, 2.75) is 66.0 Å². The number of carbonyl (C=O) groups excluding carboxylic acids is 2. The van der Waals surface area contributed by atoms with Crippen LogP contribution < -0.4 is 5.32 Å². The van der Waals surface area contributed by atoms with Crippen LogP contribution in [-0.2, 0) is 9.59 Å². The van der Waals surface area contributed by atoms with Gasteiger partial charge in [-0.1, -0.05) is 34.6 Å². The lowest BCUT2D eigenvalue weighted by molar-refractivity contribution is -0.139. The maximum Gasteiger partial charge on any atom is 0.248 e. The average molecular weight is 266 g/mol. The monoisotopic (exact) mass is 266 g/mol. The van der Waals surface area contributed by atoms with E-state index < -0.39 is 5.54 Å². The fourth-order valence-corrected chi connectivity index (χ4v) is 3.49. The summed E-state index contributed by atoms with van der Waals surface area (Å²) in [6.45, 7) is 13.1. The Hall–Kier alpha value is -1.06. The average Bonchev–Trinajstić information content (AvgIpc) is 2.74. The van der Waals surface area contributed by atoms with Crippen LogP contribution in [-0.4, -0.2) is 34.8 Å². The highest BCUT2D eigenvalue weighted by molar-refractivity contribution is 5.93. The maximum atomic E-state index is 12.8. The van der Waals surface area contributed by atoms with Gasteiger partial charge in [-0.05, 0) is 24.2 Å². The number of hydrogen-bond donors (Lipinski definition) is 1. The Morgan fingerprint density at radius 3 is 2.11 bits per heavy atom. The van der Waals surface area contributed by atoms with Gasteiger partial charge < -0.3 is 10.2 Å². The van der Waals surface area contributed by atoms with Gasteiger partial charge in [0.25, 0.3) is 0 Å². The van der Waals surface area contributed by atoms with Gasteiger partial charge in [-0.25, -0.2) is 0 Å². The van der Waals surface area contributed by atoms with Crippen molar-refractivity contribution in [1.82, 2.24) is 10.2 Å². The zero-order valence-electron chi connectivity index (χ0n) is 13.0. The molecule has 1 aliphatic heterocycles. The number of hydrogen-bond acceptors (Lipinski definition) is 2. The highest BCUT2D eigenvalue weighted by atomic mass is 16.2. The molecule has 19 heavy (non-hydrogen) atoms. The number of nitrogens with zero attached hydrogens (tertiary/aromatic N) is 1. The summed E-state index contributed by atoms with van der Waals surface area (Å²) in [6, 6.07) is 0.228. The summed E-state index contributed by atoms with van der Waals surface area (Å²) < 4.78 is 0. The summed E-state index contributed by atoms with van der Waals surface area (Å²) in [4.78, 5) is 26.6. The molecule has 2 rings (SSSR count). The van der Waals surface area contributed by atoms with Crippen LogP contribution in [0, 0.1) is 10.8 Å². The van der Waals surface area contributed by atoms with E-state index in [0.29, 0.717) is 19.4 Å². The molecule has 0 aromatic rings. The van der Waals surface area contributed by atoms with Crippen molar-refractivity contribution in [2.24, 2.45) is 10.8 Å². The molecule has 0 spiro atoms. The summed E-state index contributed by atoms with van der Waals surface area (Å²) >= 11 is 0. The molecule has 1 aliphatic carbocycles. The molecule has 4 heteroatoms. The molecule has 1 saturated heterocycles. The third kappa shape index (κ3) is 1.87. The Labute approximate surface area is 115 Å². The normalized spacial score (nSPS) is 33.9. The van der Waals surface area contributed by atoms with Crippen molar-refractivity contribution in [3.8, 4) is 0 Å². The van der Waals surface area contributed by atoms with Crippen LogP contribution in [0.3, 0.4) is 0 Å². The second-order valence-electron chi connectivity index (χ2n) is 7.33. The molecule has 0 aromatic heterocycles. The quantitative estimate of drug-likeness (QED) is 0.830. The predicted molar refractivity (Wildman–Crippen MR) is 74.5 cm³/mol. The molecule has 4 nitrogen and oxygen atoms in total. The third-order valence-electron chi connectivity index (χ3n) is 5.69. The first kappa shape index (κ1) is 14.4. The van der Waals surface area contributed by atoms with Gasteiger partial charge in [-0.15, -0.1) is 0 Å². The molecule has 0 radical (unpaired) electrons. The minimum atomic E-state index is -0.748. The highest BCUT2D eigenvalue weighted by Gasteiger charge is 2.68. The zero-order valence-corrected chi connectivity index (χ0v) is 13.0. The molecule has 1 N–H and O–H groups in total. The number of nitrogens with one attached hydrogen (secondary N) is 1. The Bertz CT molecular complexity index is 414. The van der Waals surface area contributed by atoms with E-state index in [-0.39, 0.29) is 28.7 Å². The first-order chi connectivity index (χ1) is 8.58. The first-order valence-corrected chi connectivity index (χ1v) is 7.20. The highest BCUT2D eigenvalue weighted by Crippen LogP contribution is 2.65. The second-order valence-corrected chi connectivity index (χ2v) is 7.33. The molecule has 1 saturated carbocycles. The smallest absolute Gasteiger partial charge is 0.248 e. The van der Waals surface area contributed by atoms with Gasteiger partial charge in [0.15, 0.2) is 0 Å². The van der Waals surface area contributed by atoms with Gasteiger partial charge >= 0.3 is 0 Å². The van der Waals surface area contributed by atoms with Crippen LogP contribution in [0.5, 0.6) is 0 Å². The van der Waals surface area contributed by atoms with Gasteiger partial charge in [0.05, 0.1) is 0 Å². The minimum Gasteiger partial charge on any atom is -0.342 e. The zero-order chi connectivity index (χ0) is 14.6. The van der Waals surface area contributed by atoms with Crippen LogP contribution in [0.25, 0.3) is 0 Å². The summed E-state index contributed by atoms with van der Waals surface area (Å²) in [6.07, 6.45) is 1.03. The molecular weight excluding hydrogens is 240 g/mol. The van der Waals surface area contributed by atoms with E-state index in [2.05, 4.69) is 33.0 Å². The summed E-state index contributed by atoms with van der Waals surface area (Å²) in [5, 5.41) is 2.89. The topological polar surface area (TPSA) is 49.4 Å². The van der Waals surface area contributed by atoms with Gasteiger partial charge in [-0.3, -0.25) is 9.59 Å². The van der Waals surface area contributed by atoms with Crippen molar-refractivity contribution < 1.29 is 9.59 Å². The molecular formula is C15H26N2O2.